The van der Waals surface area contributed by atoms with Gasteiger partial charge in [-0.15, -0.1) is 0 Å². The standard InChI is InChI=1S/C9H13NO2.C6H7N/c1-10-6-9(12)7-3-2-4-8(11)5-7;7-6-4-2-1-3-5-6/h2-5,9-12H,6H2,1H3;1-5H,7H2/t9-;/m0./s1. The number of nitrogens with two attached hydrogens (primary N) is 1. The van der Waals surface area contributed by atoms with Gasteiger partial charge in [0.05, 0.1) is 6.10 Å². The second kappa shape index (κ2) is 8.13. The molecule has 0 spiro atoms. The van der Waals surface area contributed by atoms with E-state index >= 15 is 0 Å². The number of aromatic hydroxyl groups is 1. The number of para-hydroxylation sites is 1. The predicted octanol–water partition coefficient (Wildman–Crippen LogP) is 1.91. The Morgan fingerprint density at radius 3 is 2.26 bits per heavy atom. The molecule has 0 saturated heterocycles. The Morgan fingerprint density at radius 2 is 1.79 bits per heavy atom. The maximum Gasteiger partial charge on any atom is 0.115 e. The zero-order valence-electron chi connectivity index (χ0n) is 11.0. The number of phenols is 1. The summed E-state index contributed by atoms with van der Waals surface area (Å²) in [5.41, 5.74) is 6.91. The van der Waals surface area contributed by atoms with E-state index < -0.39 is 6.10 Å². The summed E-state index contributed by atoms with van der Waals surface area (Å²) in [6.07, 6.45) is -0.554. The zero-order chi connectivity index (χ0) is 14.1. The molecule has 1 atom stereocenters. The molecule has 0 amide bonds. The predicted molar refractivity (Wildman–Crippen MR) is 77.8 cm³/mol. The summed E-state index contributed by atoms with van der Waals surface area (Å²) in [4.78, 5) is 0. The van der Waals surface area contributed by atoms with E-state index in [9.17, 15) is 5.11 Å². The Balaban J connectivity index is 0.000000218. The Bertz CT molecular complexity index is 475. The van der Waals surface area contributed by atoms with Crippen molar-refractivity contribution in [1.29, 1.82) is 0 Å². The molecule has 0 unspecified atom stereocenters. The van der Waals surface area contributed by atoms with Gasteiger partial charge in [-0.25, -0.2) is 0 Å². The van der Waals surface area contributed by atoms with Crippen molar-refractivity contribution in [3.8, 4) is 5.75 Å². The smallest absolute Gasteiger partial charge is 0.115 e. The van der Waals surface area contributed by atoms with Crippen molar-refractivity contribution in [2.24, 2.45) is 0 Å². The van der Waals surface area contributed by atoms with Crippen LogP contribution in [0.3, 0.4) is 0 Å². The van der Waals surface area contributed by atoms with E-state index in [0.29, 0.717) is 6.54 Å². The number of phenolic OH excluding ortho intramolecular Hbond substituents is 1. The van der Waals surface area contributed by atoms with Gasteiger partial charge in [-0.1, -0.05) is 30.3 Å². The van der Waals surface area contributed by atoms with Crippen LogP contribution in [-0.2, 0) is 0 Å². The number of hydrogen-bond donors (Lipinski definition) is 4. The molecule has 0 aliphatic rings. The first-order chi connectivity index (χ1) is 9.13. The van der Waals surface area contributed by atoms with E-state index in [-0.39, 0.29) is 5.75 Å². The van der Waals surface area contributed by atoms with Crippen LogP contribution in [0.25, 0.3) is 0 Å². The first-order valence-corrected chi connectivity index (χ1v) is 6.05. The summed E-state index contributed by atoms with van der Waals surface area (Å²) < 4.78 is 0. The average molecular weight is 260 g/mol. The molecule has 19 heavy (non-hydrogen) atoms. The molecule has 4 heteroatoms. The zero-order valence-corrected chi connectivity index (χ0v) is 11.0. The number of nitrogen functional groups attached to an aromatic ring is 1. The largest absolute Gasteiger partial charge is 0.508 e. The van der Waals surface area contributed by atoms with Crippen LogP contribution in [0, 0.1) is 0 Å². The van der Waals surface area contributed by atoms with Crippen LogP contribution in [0.1, 0.15) is 11.7 Å². The number of anilines is 1. The van der Waals surface area contributed by atoms with E-state index in [0.717, 1.165) is 11.3 Å². The molecule has 5 N–H and O–H groups in total. The summed E-state index contributed by atoms with van der Waals surface area (Å²) in [6.45, 7) is 0.490. The third kappa shape index (κ3) is 5.90. The quantitative estimate of drug-likeness (QED) is 0.636. The number of benzene rings is 2. The van der Waals surface area contributed by atoms with Crippen LogP contribution >= 0.6 is 0 Å². The van der Waals surface area contributed by atoms with Crippen molar-refractivity contribution in [3.05, 3.63) is 60.2 Å². The first-order valence-electron chi connectivity index (χ1n) is 6.05. The lowest BCUT2D eigenvalue weighted by molar-refractivity contribution is 0.177. The minimum absolute atomic E-state index is 0.183. The lowest BCUT2D eigenvalue weighted by Crippen LogP contribution is -2.16. The molecule has 0 bridgehead atoms. The molecule has 2 aromatic carbocycles. The van der Waals surface area contributed by atoms with E-state index in [2.05, 4.69) is 5.32 Å². The minimum atomic E-state index is -0.554. The van der Waals surface area contributed by atoms with Gasteiger partial charge in [-0.3, -0.25) is 0 Å². The van der Waals surface area contributed by atoms with Crippen LogP contribution in [0.15, 0.2) is 54.6 Å². The molecule has 0 saturated carbocycles. The van der Waals surface area contributed by atoms with Gasteiger partial charge >= 0.3 is 0 Å². The van der Waals surface area contributed by atoms with Crippen molar-refractivity contribution < 1.29 is 10.2 Å². The van der Waals surface area contributed by atoms with Gasteiger partial charge in [0, 0.05) is 12.2 Å². The van der Waals surface area contributed by atoms with Crippen molar-refractivity contribution >= 4 is 5.69 Å². The second-order valence-corrected chi connectivity index (χ2v) is 4.08. The molecule has 0 heterocycles. The molecule has 4 nitrogen and oxygen atoms in total. The molecule has 0 radical (unpaired) electrons. The van der Waals surface area contributed by atoms with Crippen LogP contribution in [0.5, 0.6) is 5.75 Å². The third-order valence-electron chi connectivity index (χ3n) is 2.45. The Hall–Kier alpha value is -2.04. The van der Waals surface area contributed by atoms with Gasteiger partial charge in [-0.2, -0.15) is 0 Å². The normalized spacial score (nSPS) is 11.3. The fraction of sp³-hybridized carbons (Fsp3) is 0.200. The Morgan fingerprint density at radius 1 is 1.11 bits per heavy atom. The van der Waals surface area contributed by atoms with Gasteiger partial charge < -0.3 is 21.3 Å². The average Bonchev–Trinajstić information content (AvgIpc) is 2.40. The summed E-state index contributed by atoms with van der Waals surface area (Å²) in [7, 11) is 1.77. The number of nitrogens with one attached hydrogen (secondary N) is 1. The highest BCUT2D eigenvalue weighted by atomic mass is 16.3. The first kappa shape index (κ1) is 15.0. The number of hydrogen-bond acceptors (Lipinski definition) is 4. The minimum Gasteiger partial charge on any atom is -0.508 e. The fourth-order valence-corrected chi connectivity index (χ4v) is 1.50. The molecular weight excluding hydrogens is 240 g/mol. The van der Waals surface area contributed by atoms with Crippen molar-refractivity contribution in [3.63, 3.8) is 0 Å². The van der Waals surface area contributed by atoms with Gasteiger partial charge in [0.1, 0.15) is 5.75 Å². The summed E-state index contributed by atoms with van der Waals surface area (Å²) in [5, 5.41) is 21.4. The highest BCUT2D eigenvalue weighted by Gasteiger charge is 2.05. The Kier molecular flexibility index (Phi) is 6.43. The van der Waals surface area contributed by atoms with Gasteiger partial charge in [0.2, 0.25) is 0 Å². The van der Waals surface area contributed by atoms with Crippen LogP contribution in [0.2, 0.25) is 0 Å². The van der Waals surface area contributed by atoms with E-state index in [1.54, 1.807) is 31.3 Å². The van der Waals surface area contributed by atoms with Crippen LogP contribution in [-0.4, -0.2) is 23.8 Å². The highest BCUT2D eigenvalue weighted by Crippen LogP contribution is 2.17. The SMILES string of the molecule is CNC[C@H](O)c1cccc(O)c1.Nc1ccccc1. The number of aliphatic hydroxyl groups excluding tert-OH is 1. The molecule has 0 aromatic heterocycles. The van der Waals surface area contributed by atoms with Crippen molar-refractivity contribution in [2.75, 3.05) is 19.3 Å². The Labute approximate surface area is 113 Å². The fourth-order valence-electron chi connectivity index (χ4n) is 1.50. The molecule has 0 aliphatic carbocycles. The summed E-state index contributed by atoms with van der Waals surface area (Å²) >= 11 is 0. The van der Waals surface area contributed by atoms with Crippen LogP contribution in [0.4, 0.5) is 5.69 Å². The maximum absolute atomic E-state index is 9.47. The monoisotopic (exact) mass is 260 g/mol. The van der Waals surface area contributed by atoms with Crippen LogP contribution < -0.4 is 11.1 Å². The van der Waals surface area contributed by atoms with E-state index in [4.69, 9.17) is 10.8 Å². The molecule has 102 valence electrons. The summed E-state index contributed by atoms with van der Waals surface area (Å²) in [5.74, 6) is 0.183. The number of aliphatic hydroxyl groups is 1. The molecule has 2 aromatic rings. The number of likely N-dealkylation sites (N-methyl/N-ethyl adjacent to an activating group) is 1. The number of rotatable bonds is 3. The topological polar surface area (TPSA) is 78.5 Å². The highest BCUT2D eigenvalue weighted by molar-refractivity contribution is 5.35. The van der Waals surface area contributed by atoms with Crippen molar-refractivity contribution in [1.82, 2.24) is 5.32 Å². The van der Waals surface area contributed by atoms with Gasteiger partial charge in [0.25, 0.3) is 0 Å². The lowest BCUT2D eigenvalue weighted by atomic mass is 10.1. The molecule has 2 rings (SSSR count). The van der Waals surface area contributed by atoms with E-state index in [1.165, 1.54) is 0 Å². The molecule has 0 fully saturated rings. The van der Waals surface area contributed by atoms with Crippen molar-refractivity contribution in [2.45, 2.75) is 6.10 Å². The van der Waals surface area contributed by atoms with Gasteiger partial charge in [-0.05, 0) is 36.9 Å². The van der Waals surface area contributed by atoms with Gasteiger partial charge in [0.15, 0.2) is 0 Å². The third-order valence-corrected chi connectivity index (χ3v) is 2.45. The maximum atomic E-state index is 9.47. The lowest BCUT2D eigenvalue weighted by Gasteiger charge is -2.09. The molecular formula is C15H20N2O2. The summed E-state index contributed by atoms with van der Waals surface area (Å²) in [6, 6.07) is 16.1. The molecule has 0 aliphatic heterocycles. The van der Waals surface area contributed by atoms with E-state index in [1.807, 2.05) is 30.3 Å². The second-order valence-electron chi connectivity index (χ2n) is 4.08.